The Labute approximate surface area is 147 Å². The molecule has 1 aromatic heterocycles. The maximum atomic E-state index is 12.6. The van der Waals surface area contributed by atoms with Crippen LogP contribution < -0.4 is 10.7 Å². The highest BCUT2D eigenvalue weighted by atomic mass is 35.5. The highest BCUT2D eigenvalue weighted by molar-refractivity contribution is 6.35. The van der Waals surface area contributed by atoms with E-state index in [-0.39, 0.29) is 5.69 Å². The second kappa shape index (κ2) is 6.26. The van der Waals surface area contributed by atoms with Crippen molar-refractivity contribution in [3.05, 3.63) is 67.9 Å². The molecular weight excluding hydrogens is 349 g/mol. The standard InChI is InChI=1S/C17H13Cl2N3O2/c1-9-3-6-14-11(7-9)16(23)15(21-22(14)2)17(24)20-13-8-10(18)4-5-12(13)19/h3-8H,1-2H3,(H,20,24). The van der Waals surface area contributed by atoms with Gasteiger partial charge in [-0.3, -0.25) is 14.3 Å². The number of carbonyl (C=O) groups is 1. The predicted octanol–water partition coefficient (Wildman–Crippen LogP) is 3.80. The Morgan fingerprint density at radius 1 is 1.17 bits per heavy atom. The predicted molar refractivity (Wildman–Crippen MR) is 96.1 cm³/mol. The molecule has 1 heterocycles. The van der Waals surface area contributed by atoms with Gasteiger partial charge in [-0.15, -0.1) is 0 Å². The van der Waals surface area contributed by atoms with Crippen molar-refractivity contribution in [1.82, 2.24) is 9.78 Å². The Morgan fingerprint density at radius 2 is 1.92 bits per heavy atom. The topological polar surface area (TPSA) is 64.0 Å². The van der Waals surface area contributed by atoms with Crippen molar-refractivity contribution >= 4 is 45.7 Å². The van der Waals surface area contributed by atoms with Gasteiger partial charge in [0.1, 0.15) is 0 Å². The smallest absolute Gasteiger partial charge is 0.280 e. The molecule has 0 saturated carbocycles. The van der Waals surface area contributed by atoms with Gasteiger partial charge in [0.05, 0.1) is 21.6 Å². The van der Waals surface area contributed by atoms with E-state index in [0.29, 0.717) is 26.6 Å². The fourth-order valence-corrected chi connectivity index (χ4v) is 2.75. The van der Waals surface area contributed by atoms with Crippen molar-refractivity contribution < 1.29 is 4.79 Å². The first kappa shape index (κ1) is 16.5. The average molecular weight is 362 g/mol. The summed E-state index contributed by atoms with van der Waals surface area (Å²) in [5.74, 6) is -0.636. The molecule has 0 radical (unpaired) electrons. The normalized spacial score (nSPS) is 10.8. The van der Waals surface area contributed by atoms with Gasteiger partial charge in [0.25, 0.3) is 5.91 Å². The minimum atomic E-state index is -0.636. The second-order valence-electron chi connectivity index (χ2n) is 5.40. The van der Waals surface area contributed by atoms with Crippen LogP contribution >= 0.6 is 23.2 Å². The number of aromatic nitrogens is 2. The lowest BCUT2D eigenvalue weighted by Gasteiger charge is -2.10. The summed E-state index contributed by atoms with van der Waals surface area (Å²) in [6, 6.07) is 10.1. The molecule has 1 amide bonds. The van der Waals surface area contributed by atoms with Gasteiger partial charge in [0.15, 0.2) is 5.69 Å². The zero-order valence-corrected chi connectivity index (χ0v) is 14.4. The summed E-state index contributed by atoms with van der Waals surface area (Å²) < 4.78 is 1.50. The van der Waals surface area contributed by atoms with Gasteiger partial charge < -0.3 is 5.32 Å². The molecule has 0 unspecified atom stereocenters. The number of anilines is 1. The van der Waals surface area contributed by atoms with Gasteiger partial charge in [-0.25, -0.2) is 0 Å². The number of nitrogens with one attached hydrogen (secondary N) is 1. The van der Waals surface area contributed by atoms with Crippen molar-refractivity contribution in [2.24, 2.45) is 7.05 Å². The first-order valence-electron chi connectivity index (χ1n) is 7.11. The van der Waals surface area contributed by atoms with E-state index in [1.165, 1.54) is 10.7 Å². The molecule has 0 saturated heterocycles. The van der Waals surface area contributed by atoms with Crippen LogP contribution in [0.1, 0.15) is 16.1 Å². The highest BCUT2D eigenvalue weighted by Gasteiger charge is 2.18. The molecule has 0 atom stereocenters. The van der Waals surface area contributed by atoms with E-state index in [1.54, 1.807) is 31.3 Å². The summed E-state index contributed by atoms with van der Waals surface area (Å²) in [5.41, 5.74) is 1.27. The minimum Gasteiger partial charge on any atom is -0.319 e. The summed E-state index contributed by atoms with van der Waals surface area (Å²) in [7, 11) is 1.68. The Balaban J connectivity index is 2.09. The molecule has 1 N–H and O–H groups in total. The first-order valence-corrected chi connectivity index (χ1v) is 7.86. The van der Waals surface area contributed by atoms with Gasteiger partial charge in [-0.1, -0.05) is 34.8 Å². The summed E-state index contributed by atoms with van der Waals surface area (Å²) >= 11 is 11.9. The van der Waals surface area contributed by atoms with Crippen LogP contribution in [0.15, 0.2) is 41.2 Å². The lowest BCUT2D eigenvalue weighted by Crippen LogP contribution is -2.26. The number of carbonyl (C=O) groups excluding carboxylic acids is 1. The molecule has 0 aliphatic carbocycles. The van der Waals surface area contributed by atoms with E-state index < -0.39 is 11.3 Å². The molecule has 122 valence electrons. The highest BCUT2D eigenvalue weighted by Crippen LogP contribution is 2.25. The number of benzene rings is 2. The van der Waals surface area contributed by atoms with Crippen molar-refractivity contribution in [1.29, 1.82) is 0 Å². The number of nitrogens with zero attached hydrogens (tertiary/aromatic N) is 2. The van der Waals surface area contributed by atoms with Crippen LogP contribution in [0.5, 0.6) is 0 Å². The second-order valence-corrected chi connectivity index (χ2v) is 6.24. The number of amides is 1. The number of aryl methyl sites for hydroxylation is 2. The molecule has 0 fully saturated rings. The summed E-state index contributed by atoms with van der Waals surface area (Å²) in [6.45, 7) is 1.88. The number of halogens is 2. The van der Waals surface area contributed by atoms with Crippen molar-refractivity contribution in [3.63, 3.8) is 0 Å². The maximum absolute atomic E-state index is 12.6. The zero-order chi connectivity index (χ0) is 17.4. The minimum absolute atomic E-state index is 0.202. The third kappa shape index (κ3) is 3.00. The van der Waals surface area contributed by atoms with Crippen molar-refractivity contribution in [2.45, 2.75) is 6.92 Å². The first-order chi connectivity index (χ1) is 11.4. The lowest BCUT2D eigenvalue weighted by molar-refractivity contribution is 0.101. The zero-order valence-electron chi connectivity index (χ0n) is 12.9. The Hall–Kier alpha value is -2.37. The molecule has 2 aromatic carbocycles. The van der Waals surface area contributed by atoms with Crippen LogP contribution in [0.25, 0.3) is 10.9 Å². The van der Waals surface area contributed by atoms with Gasteiger partial charge >= 0.3 is 0 Å². The van der Waals surface area contributed by atoms with Crippen LogP contribution in [-0.2, 0) is 7.05 Å². The van der Waals surface area contributed by atoms with E-state index >= 15 is 0 Å². The molecule has 3 rings (SSSR count). The number of hydrogen-bond acceptors (Lipinski definition) is 3. The van der Waals surface area contributed by atoms with Crippen LogP contribution in [0.3, 0.4) is 0 Å². The quantitative estimate of drug-likeness (QED) is 0.754. The van der Waals surface area contributed by atoms with Crippen LogP contribution in [0.2, 0.25) is 10.0 Å². The molecule has 3 aromatic rings. The van der Waals surface area contributed by atoms with Gasteiger partial charge in [-0.2, -0.15) is 5.10 Å². The number of hydrogen-bond donors (Lipinski definition) is 1. The Morgan fingerprint density at radius 3 is 2.67 bits per heavy atom. The van der Waals surface area contributed by atoms with Crippen LogP contribution in [0.4, 0.5) is 5.69 Å². The fourth-order valence-electron chi connectivity index (χ4n) is 2.41. The molecule has 0 aliphatic rings. The van der Waals surface area contributed by atoms with Crippen LogP contribution in [-0.4, -0.2) is 15.7 Å². The molecular formula is C17H13Cl2N3O2. The Bertz CT molecular complexity index is 1030. The van der Waals surface area contributed by atoms with Crippen LogP contribution in [0, 0.1) is 6.92 Å². The average Bonchev–Trinajstić information content (AvgIpc) is 2.54. The van der Waals surface area contributed by atoms with Gasteiger partial charge in [0, 0.05) is 12.1 Å². The third-order valence-corrected chi connectivity index (χ3v) is 4.17. The Kier molecular flexibility index (Phi) is 4.30. The van der Waals surface area contributed by atoms with E-state index in [1.807, 2.05) is 13.0 Å². The summed E-state index contributed by atoms with van der Waals surface area (Å²) in [5, 5.41) is 7.86. The van der Waals surface area contributed by atoms with Crippen molar-refractivity contribution in [2.75, 3.05) is 5.32 Å². The van der Waals surface area contributed by atoms with Gasteiger partial charge in [-0.05, 0) is 37.3 Å². The van der Waals surface area contributed by atoms with E-state index in [2.05, 4.69) is 10.4 Å². The number of rotatable bonds is 2. The molecule has 0 spiro atoms. The SMILES string of the molecule is Cc1ccc2c(c1)c(=O)c(C(=O)Nc1cc(Cl)ccc1Cl)nn2C. The number of fused-ring (bicyclic) bond motifs is 1. The fraction of sp³-hybridized carbons (Fsp3) is 0.118. The summed E-state index contributed by atoms with van der Waals surface area (Å²) in [6.07, 6.45) is 0. The van der Waals surface area contributed by atoms with E-state index in [4.69, 9.17) is 23.2 Å². The molecule has 0 bridgehead atoms. The van der Waals surface area contributed by atoms with E-state index in [0.717, 1.165) is 5.56 Å². The molecule has 0 aliphatic heterocycles. The van der Waals surface area contributed by atoms with Gasteiger partial charge in [0.2, 0.25) is 5.43 Å². The summed E-state index contributed by atoms with van der Waals surface area (Å²) in [4.78, 5) is 25.1. The van der Waals surface area contributed by atoms with Crippen molar-refractivity contribution in [3.8, 4) is 0 Å². The molecule has 24 heavy (non-hydrogen) atoms. The largest absolute Gasteiger partial charge is 0.319 e. The molecule has 7 heteroatoms. The molecule has 5 nitrogen and oxygen atoms in total. The third-order valence-electron chi connectivity index (χ3n) is 3.60. The maximum Gasteiger partial charge on any atom is 0.280 e. The lowest BCUT2D eigenvalue weighted by atomic mass is 10.1. The van der Waals surface area contributed by atoms with E-state index in [9.17, 15) is 9.59 Å². The monoisotopic (exact) mass is 361 g/mol.